The van der Waals surface area contributed by atoms with E-state index in [9.17, 15) is 4.79 Å². The Kier molecular flexibility index (Phi) is 9.18. The molecule has 0 atom stereocenters. The number of hydrogen-bond acceptors (Lipinski definition) is 3. The van der Waals surface area contributed by atoms with Crippen LogP contribution in [0.25, 0.3) is 0 Å². The number of unbranched alkanes of at least 4 members (excludes halogenated alkanes) is 1. The van der Waals surface area contributed by atoms with Crippen LogP contribution in [-0.2, 0) is 9.47 Å². The van der Waals surface area contributed by atoms with Gasteiger partial charge in [-0.05, 0) is 82.0 Å². The fourth-order valence-electron chi connectivity index (χ4n) is 6.43. The largest absolute Gasteiger partial charge is 0.509 e. The van der Waals surface area contributed by atoms with Crippen molar-refractivity contribution < 1.29 is 14.3 Å². The van der Waals surface area contributed by atoms with E-state index in [0.717, 1.165) is 62.7 Å². The molecule has 0 spiro atoms. The first-order chi connectivity index (χ1) is 14.1. The lowest BCUT2D eigenvalue weighted by molar-refractivity contribution is -0.0860. The molecule has 3 nitrogen and oxygen atoms in total. The van der Waals surface area contributed by atoms with Crippen molar-refractivity contribution in [3.05, 3.63) is 0 Å². The van der Waals surface area contributed by atoms with Crippen LogP contribution in [0.1, 0.15) is 129 Å². The lowest BCUT2D eigenvalue weighted by Crippen LogP contribution is -2.41. The van der Waals surface area contributed by atoms with Crippen molar-refractivity contribution in [2.24, 2.45) is 17.8 Å². The van der Waals surface area contributed by atoms with Crippen LogP contribution < -0.4 is 0 Å². The second kappa shape index (κ2) is 11.6. The second-order valence-corrected chi connectivity index (χ2v) is 10.4. The van der Waals surface area contributed by atoms with Gasteiger partial charge in [-0.3, -0.25) is 0 Å². The quantitative estimate of drug-likeness (QED) is 0.381. The zero-order chi connectivity index (χ0) is 20.5. The highest BCUT2D eigenvalue weighted by Gasteiger charge is 2.41. The number of ether oxygens (including phenoxy) is 2. The summed E-state index contributed by atoms with van der Waals surface area (Å²) in [5.41, 5.74) is -0.252. The zero-order valence-corrected chi connectivity index (χ0v) is 19.3. The molecule has 3 heteroatoms. The summed E-state index contributed by atoms with van der Waals surface area (Å²) < 4.78 is 11.9. The van der Waals surface area contributed by atoms with Gasteiger partial charge in [-0.25, -0.2) is 4.79 Å². The van der Waals surface area contributed by atoms with Gasteiger partial charge < -0.3 is 9.47 Å². The molecule has 3 saturated carbocycles. The van der Waals surface area contributed by atoms with Crippen LogP contribution in [0.2, 0.25) is 0 Å². The van der Waals surface area contributed by atoms with Crippen molar-refractivity contribution in [1.29, 1.82) is 0 Å². The summed E-state index contributed by atoms with van der Waals surface area (Å²) >= 11 is 0. The van der Waals surface area contributed by atoms with Crippen molar-refractivity contribution in [2.45, 2.75) is 141 Å². The molecule has 0 saturated heterocycles. The molecule has 0 aromatic rings. The van der Waals surface area contributed by atoms with Crippen LogP contribution in [-0.4, -0.2) is 17.9 Å². The van der Waals surface area contributed by atoms with E-state index in [0.29, 0.717) is 0 Å². The third-order valence-electron chi connectivity index (χ3n) is 8.30. The van der Waals surface area contributed by atoms with E-state index in [1.165, 1.54) is 70.6 Å². The van der Waals surface area contributed by atoms with Gasteiger partial charge in [-0.1, -0.05) is 65.2 Å². The first kappa shape index (κ1) is 22.9. The Bertz CT molecular complexity index is 466. The molecule has 0 amide bonds. The summed E-state index contributed by atoms with van der Waals surface area (Å²) in [4.78, 5) is 12.7. The fraction of sp³-hybridized carbons (Fsp3) is 0.962. The highest BCUT2D eigenvalue weighted by Crippen LogP contribution is 2.44. The van der Waals surface area contributed by atoms with E-state index in [4.69, 9.17) is 9.47 Å². The predicted octanol–water partition coefficient (Wildman–Crippen LogP) is 8.20. The molecule has 0 heterocycles. The maximum absolute atomic E-state index is 12.7. The van der Waals surface area contributed by atoms with Crippen LogP contribution in [0.4, 0.5) is 4.79 Å². The van der Waals surface area contributed by atoms with Crippen LogP contribution in [0.3, 0.4) is 0 Å². The summed E-state index contributed by atoms with van der Waals surface area (Å²) in [6.45, 7) is 4.49. The Morgan fingerprint density at radius 2 is 1.48 bits per heavy atom. The number of hydrogen-bond donors (Lipinski definition) is 0. The molecular weight excluding hydrogens is 360 g/mol. The van der Waals surface area contributed by atoms with Gasteiger partial charge in [0.1, 0.15) is 11.7 Å². The Morgan fingerprint density at radius 3 is 2.10 bits per heavy atom. The molecular formula is C26H46O3. The Balaban J connectivity index is 1.47. The number of carbonyl (C=O) groups is 1. The van der Waals surface area contributed by atoms with E-state index in [1.807, 2.05) is 0 Å². The molecule has 168 valence electrons. The van der Waals surface area contributed by atoms with Crippen molar-refractivity contribution >= 4 is 6.16 Å². The smallest absolute Gasteiger partial charge is 0.431 e. The summed E-state index contributed by atoms with van der Waals surface area (Å²) in [7, 11) is 0. The SMILES string of the molecule is CCCC[C@]1(OC(=O)OC2CCC(CCC)CC2)CC[C@@H](C2CCCCC2)CC1. The summed E-state index contributed by atoms with van der Waals surface area (Å²) in [5, 5.41) is 0. The minimum absolute atomic E-state index is 0.0809. The molecule has 0 radical (unpaired) electrons. The Labute approximate surface area is 179 Å². The van der Waals surface area contributed by atoms with Gasteiger partial charge in [0.15, 0.2) is 0 Å². The molecule has 0 N–H and O–H groups in total. The van der Waals surface area contributed by atoms with E-state index in [1.54, 1.807) is 0 Å². The molecule has 29 heavy (non-hydrogen) atoms. The average molecular weight is 407 g/mol. The maximum Gasteiger partial charge on any atom is 0.509 e. The van der Waals surface area contributed by atoms with Crippen LogP contribution in [0, 0.1) is 17.8 Å². The zero-order valence-electron chi connectivity index (χ0n) is 19.3. The van der Waals surface area contributed by atoms with Gasteiger partial charge >= 0.3 is 6.16 Å². The normalized spacial score (nSPS) is 33.9. The first-order valence-electron chi connectivity index (χ1n) is 13.0. The molecule has 0 bridgehead atoms. The van der Waals surface area contributed by atoms with Gasteiger partial charge in [0.2, 0.25) is 0 Å². The molecule has 3 rings (SSSR count). The monoisotopic (exact) mass is 406 g/mol. The molecule has 0 aromatic heterocycles. The highest BCUT2D eigenvalue weighted by molar-refractivity contribution is 5.61. The molecule has 3 aliphatic carbocycles. The first-order valence-corrected chi connectivity index (χ1v) is 13.0. The molecule has 0 aliphatic heterocycles. The van der Waals surface area contributed by atoms with Crippen LogP contribution in [0.5, 0.6) is 0 Å². The van der Waals surface area contributed by atoms with Crippen LogP contribution in [0.15, 0.2) is 0 Å². The maximum atomic E-state index is 12.7. The van der Waals surface area contributed by atoms with Crippen molar-refractivity contribution in [3.8, 4) is 0 Å². The van der Waals surface area contributed by atoms with Gasteiger partial charge in [0.25, 0.3) is 0 Å². The van der Waals surface area contributed by atoms with Gasteiger partial charge in [-0.15, -0.1) is 0 Å². The molecule has 3 aliphatic rings. The van der Waals surface area contributed by atoms with Crippen molar-refractivity contribution in [2.75, 3.05) is 0 Å². The Hall–Kier alpha value is -0.730. The fourth-order valence-corrected chi connectivity index (χ4v) is 6.43. The topological polar surface area (TPSA) is 35.5 Å². The molecule has 0 unspecified atom stereocenters. The average Bonchev–Trinajstić information content (AvgIpc) is 2.75. The van der Waals surface area contributed by atoms with Crippen molar-refractivity contribution in [1.82, 2.24) is 0 Å². The second-order valence-electron chi connectivity index (χ2n) is 10.4. The standard InChI is InChI=1S/C26H46O3/c1-3-5-18-26(19-16-23(17-20-26)22-10-7-6-8-11-22)29-25(27)28-24-14-12-21(9-4-2)13-15-24/h21-24H,3-20H2,1-2H3/t21?,23-,24?,26+. The summed E-state index contributed by atoms with van der Waals surface area (Å²) in [5.74, 6) is 2.62. The van der Waals surface area contributed by atoms with E-state index >= 15 is 0 Å². The minimum Gasteiger partial charge on any atom is -0.431 e. The molecule has 3 fully saturated rings. The number of rotatable bonds is 8. The lowest BCUT2D eigenvalue weighted by atomic mass is 9.68. The van der Waals surface area contributed by atoms with Gasteiger partial charge in [-0.2, -0.15) is 0 Å². The van der Waals surface area contributed by atoms with E-state index in [-0.39, 0.29) is 17.9 Å². The lowest BCUT2D eigenvalue weighted by Gasteiger charge is -2.42. The van der Waals surface area contributed by atoms with Crippen molar-refractivity contribution in [3.63, 3.8) is 0 Å². The van der Waals surface area contributed by atoms with E-state index in [2.05, 4.69) is 13.8 Å². The predicted molar refractivity (Wildman–Crippen MR) is 119 cm³/mol. The summed E-state index contributed by atoms with van der Waals surface area (Å²) in [6.07, 6.45) is 21.8. The van der Waals surface area contributed by atoms with Gasteiger partial charge in [0.05, 0.1) is 0 Å². The third kappa shape index (κ3) is 6.89. The van der Waals surface area contributed by atoms with Gasteiger partial charge in [0, 0.05) is 0 Å². The minimum atomic E-state index is -0.379. The Morgan fingerprint density at radius 1 is 0.828 bits per heavy atom. The van der Waals surface area contributed by atoms with E-state index < -0.39 is 0 Å². The summed E-state index contributed by atoms with van der Waals surface area (Å²) in [6, 6.07) is 0. The molecule has 0 aromatic carbocycles. The third-order valence-corrected chi connectivity index (χ3v) is 8.30. The highest BCUT2D eigenvalue weighted by atomic mass is 16.7. The van der Waals surface area contributed by atoms with Crippen LogP contribution >= 0.6 is 0 Å². The number of carbonyl (C=O) groups excluding carboxylic acids is 1.